The number of carbonyl (C=O) groups excluding carboxylic acids is 4. The van der Waals surface area contributed by atoms with Crippen LogP contribution in [-0.2, 0) is 28.6 Å². The van der Waals surface area contributed by atoms with E-state index in [1.54, 1.807) is 31.2 Å². The summed E-state index contributed by atoms with van der Waals surface area (Å²) in [6, 6.07) is 21.9. The van der Waals surface area contributed by atoms with Gasteiger partial charge in [0.05, 0.1) is 30.6 Å². The van der Waals surface area contributed by atoms with E-state index >= 15 is 0 Å². The summed E-state index contributed by atoms with van der Waals surface area (Å²) in [6.07, 6.45) is 21.8. The molecular weight excluding hydrogens is 825 g/mol. The molecule has 0 unspecified atom stereocenters. The molecule has 3 aromatic carbocycles. The summed E-state index contributed by atoms with van der Waals surface area (Å²) in [5.74, 6) is 16.4. The largest absolute Gasteiger partial charge is 0.465 e. The van der Waals surface area contributed by atoms with Gasteiger partial charge in [0.2, 0.25) is 0 Å². The van der Waals surface area contributed by atoms with Crippen molar-refractivity contribution in [2.24, 2.45) is 29.6 Å². The van der Waals surface area contributed by atoms with Crippen molar-refractivity contribution in [3.63, 3.8) is 0 Å². The predicted molar refractivity (Wildman–Crippen MR) is 257 cm³/mol. The highest BCUT2D eigenvalue weighted by Crippen LogP contribution is 2.44. The van der Waals surface area contributed by atoms with E-state index in [9.17, 15) is 19.2 Å². The monoisotopic (exact) mass is 890 g/mol. The summed E-state index contributed by atoms with van der Waals surface area (Å²) >= 11 is 0. The third kappa shape index (κ3) is 15.3. The first-order valence-electron chi connectivity index (χ1n) is 24.3. The average Bonchev–Trinajstić information content (AvgIpc) is 3.34. The maximum Gasteiger partial charge on any atom is 0.339 e. The van der Waals surface area contributed by atoms with Crippen molar-refractivity contribution in [1.29, 1.82) is 0 Å². The van der Waals surface area contributed by atoms with Gasteiger partial charge in [0, 0.05) is 27.8 Å². The molecule has 0 radical (unpaired) electrons. The first kappa shape index (κ1) is 49.4. The van der Waals surface area contributed by atoms with Gasteiger partial charge in [-0.05, 0) is 180 Å². The van der Waals surface area contributed by atoms with Gasteiger partial charge in [-0.2, -0.15) is 0 Å². The van der Waals surface area contributed by atoms with Gasteiger partial charge in [-0.15, -0.1) is 6.42 Å². The smallest absolute Gasteiger partial charge is 0.339 e. The van der Waals surface area contributed by atoms with Crippen LogP contribution in [-0.4, -0.2) is 42.7 Å². The van der Waals surface area contributed by atoms with Crippen molar-refractivity contribution in [2.75, 3.05) is 13.2 Å². The summed E-state index contributed by atoms with van der Waals surface area (Å²) in [7, 11) is 0. The van der Waals surface area contributed by atoms with Gasteiger partial charge < -0.3 is 18.9 Å². The van der Waals surface area contributed by atoms with Crippen molar-refractivity contribution < 1.29 is 38.1 Å². The van der Waals surface area contributed by atoms with E-state index in [-0.39, 0.29) is 29.7 Å². The number of carbonyl (C=O) groups is 4. The third-order valence-corrected chi connectivity index (χ3v) is 13.6. The van der Waals surface area contributed by atoms with E-state index in [0.717, 1.165) is 85.5 Å². The summed E-state index contributed by atoms with van der Waals surface area (Å²) in [5.41, 5.74) is 3.26. The van der Waals surface area contributed by atoms with Gasteiger partial charge in [0.1, 0.15) is 5.75 Å². The summed E-state index contributed by atoms with van der Waals surface area (Å²) in [5, 5.41) is 0. The van der Waals surface area contributed by atoms with E-state index in [1.165, 1.54) is 25.7 Å². The quantitative estimate of drug-likeness (QED) is 0.0350. The molecule has 3 aliphatic rings. The standard InChI is InChI=1S/C58H66O8/c1-5-44-14-16-45(17-15-44)18-19-46-20-22-47(23-21-46)34-37-58(38-35-49(36-39-58)48-24-12-43(4)13-25-48)66-57(62)52-30-32-53(33-31-52)65-56(61)51-28-26-50(27-29-51)55(60)64-41-11-9-7-6-8-10-40-63-54(59)42(2)3/h1,14-17,20-23,30-33,43,48-51H,2,6-13,24-29,35-36,38-41H2,3-4H3. The molecule has 3 saturated carbocycles. The van der Waals surface area contributed by atoms with Crippen LogP contribution in [0.5, 0.6) is 5.75 Å². The highest BCUT2D eigenvalue weighted by atomic mass is 16.6. The maximum atomic E-state index is 13.8. The lowest BCUT2D eigenvalue weighted by atomic mass is 9.68. The van der Waals surface area contributed by atoms with E-state index in [4.69, 9.17) is 25.4 Å². The zero-order valence-corrected chi connectivity index (χ0v) is 39.0. The Bertz CT molecular complexity index is 2270. The Kier molecular flexibility index (Phi) is 18.7. The van der Waals surface area contributed by atoms with Crippen LogP contribution in [0.2, 0.25) is 0 Å². The Labute approximate surface area is 393 Å². The minimum atomic E-state index is -0.916. The van der Waals surface area contributed by atoms with E-state index < -0.39 is 11.6 Å². The number of benzene rings is 3. The van der Waals surface area contributed by atoms with Crippen LogP contribution in [0.3, 0.4) is 0 Å². The Morgan fingerprint density at radius 1 is 0.606 bits per heavy atom. The van der Waals surface area contributed by atoms with Crippen LogP contribution in [0.15, 0.2) is 84.9 Å². The van der Waals surface area contributed by atoms with Crippen LogP contribution in [0.1, 0.15) is 162 Å². The first-order chi connectivity index (χ1) is 32.0. The summed E-state index contributed by atoms with van der Waals surface area (Å²) in [4.78, 5) is 51.1. The molecule has 0 aliphatic heterocycles. The van der Waals surface area contributed by atoms with E-state index in [0.29, 0.717) is 74.5 Å². The fraction of sp³-hybridized carbons (Fsp3) is 0.483. The molecule has 0 heterocycles. The molecule has 0 atom stereocenters. The van der Waals surface area contributed by atoms with Crippen LogP contribution in [0.4, 0.5) is 0 Å². The summed E-state index contributed by atoms with van der Waals surface area (Å²) in [6.45, 7) is 8.38. The minimum absolute atomic E-state index is 0.191. The number of hydrogen-bond acceptors (Lipinski definition) is 8. The predicted octanol–water partition coefficient (Wildman–Crippen LogP) is 11.7. The fourth-order valence-corrected chi connectivity index (χ4v) is 9.35. The molecular formula is C58H66O8. The van der Waals surface area contributed by atoms with Crippen LogP contribution >= 0.6 is 0 Å². The van der Waals surface area contributed by atoms with Crippen molar-refractivity contribution in [1.82, 2.24) is 0 Å². The Morgan fingerprint density at radius 2 is 1.09 bits per heavy atom. The molecule has 346 valence electrons. The second kappa shape index (κ2) is 25.0. The van der Waals surface area contributed by atoms with Crippen molar-refractivity contribution in [2.45, 2.75) is 135 Å². The highest BCUT2D eigenvalue weighted by Gasteiger charge is 2.40. The number of unbranched alkanes of at least 4 members (excludes halogenated alkanes) is 5. The SMILES string of the molecule is C#Cc1ccc(C#Cc2ccc(C#CC3(OC(=O)c4ccc(OC(=O)C5CCC(C(=O)OCCCCCCCCOC(=O)C(=C)C)CC5)cc4)CCC(C4CCC(C)CC4)CC3)cc2)cc1. The van der Waals surface area contributed by atoms with Gasteiger partial charge in [0.25, 0.3) is 0 Å². The highest BCUT2D eigenvalue weighted by molar-refractivity contribution is 5.90. The van der Waals surface area contributed by atoms with Gasteiger partial charge >= 0.3 is 23.9 Å². The van der Waals surface area contributed by atoms with Crippen LogP contribution in [0.25, 0.3) is 0 Å². The second-order valence-corrected chi connectivity index (χ2v) is 18.7. The van der Waals surface area contributed by atoms with Gasteiger partial charge in [-0.25, -0.2) is 9.59 Å². The van der Waals surface area contributed by atoms with Gasteiger partial charge in [0.15, 0.2) is 5.60 Å². The molecule has 66 heavy (non-hydrogen) atoms. The molecule has 0 aromatic heterocycles. The molecule has 0 amide bonds. The number of ether oxygens (including phenoxy) is 4. The molecule has 0 saturated heterocycles. The molecule has 0 N–H and O–H groups in total. The molecule has 3 aliphatic carbocycles. The number of rotatable bonds is 16. The Hall–Kier alpha value is -6.04. The van der Waals surface area contributed by atoms with Gasteiger partial charge in [-0.1, -0.05) is 75.7 Å². The average molecular weight is 891 g/mol. The van der Waals surface area contributed by atoms with Crippen molar-refractivity contribution in [3.05, 3.63) is 113 Å². The third-order valence-electron chi connectivity index (χ3n) is 13.6. The Morgan fingerprint density at radius 3 is 1.64 bits per heavy atom. The second-order valence-electron chi connectivity index (χ2n) is 18.7. The lowest BCUT2D eigenvalue weighted by Gasteiger charge is -2.40. The molecule has 8 heteroatoms. The maximum absolute atomic E-state index is 13.8. The zero-order chi connectivity index (χ0) is 46.7. The molecule has 0 bridgehead atoms. The lowest BCUT2D eigenvalue weighted by Crippen LogP contribution is -2.39. The van der Waals surface area contributed by atoms with E-state index in [2.05, 4.69) is 43.1 Å². The van der Waals surface area contributed by atoms with Crippen molar-refractivity contribution >= 4 is 23.9 Å². The molecule has 3 aromatic rings. The van der Waals surface area contributed by atoms with Crippen LogP contribution in [0, 0.1) is 65.6 Å². The number of terminal acetylenes is 1. The van der Waals surface area contributed by atoms with Gasteiger partial charge in [-0.3, -0.25) is 9.59 Å². The molecule has 0 spiro atoms. The van der Waals surface area contributed by atoms with E-state index in [1.807, 2.05) is 48.5 Å². The minimum Gasteiger partial charge on any atom is -0.465 e. The first-order valence-corrected chi connectivity index (χ1v) is 24.3. The van der Waals surface area contributed by atoms with Crippen LogP contribution < -0.4 is 4.74 Å². The normalized spacial score (nSPS) is 22.4. The molecule has 6 rings (SSSR count). The van der Waals surface area contributed by atoms with Crippen molar-refractivity contribution in [3.8, 4) is 41.8 Å². The number of esters is 4. The number of hydrogen-bond donors (Lipinski definition) is 0. The zero-order valence-electron chi connectivity index (χ0n) is 39.0. The fourth-order valence-electron chi connectivity index (χ4n) is 9.35. The topological polar surface area (TPSA) is 105 Å². The Balaban J connectivity index is 0.962. The molecule has 3 fully saturated rings. The molecule has 8 nitrogen and oxygen atoms in total. The summed E-state index contributed by atoms with van der Waals surface area (Å²) < 4.78 is 22.8. The lowest BCUT2D eigenvalue weighted by molar-refractivity contribution is -0.152.